The number of amides is 1. The summed E-state index contributed by atoms with van der Waals surface area (Å²) in [5.74, 6) is 1.86. The summed E-state index contributed by atoms with van der Waals surface area (Å²) >= 11 is 0. The smallest absolute Gasteiger partial charge is 0.232 e. The highest BCUT2D eigenvalue weighted by atomic mass is 16.5. The first kappa shape index (κ1) is 17.0. The molecule has 0 N–H and O–H groups in total. The van der Waals surface area contributed by atoms with Gasteiger partial charge in [0, 0.05) is 30.9 Å². The average Bonchev–Trinajstić information content (AvgIpc) is 3.35. The fourth-order valence-corrected chi connectivity index (χ4v) is 3.12. The van der Waals surface area contributed by atoms with Crippen LogP contribution in [0.3, 0.4) is 0 Å². The van der Waals surface area contributed by atoms with Crippen molar-refractivity contribution in [3.63, 3.8) is 0 Å². The number of ether oxygens (including phenoxy) is 2. The second-order valence-electron chi connectivity index (χ2n) is 6.12. The standard InChI is InChI=1S/C19H18N4O4/c1-25-15-7-6-13(10-16(15)26-2)23-11-12(9-17(23)24)19-21-18(22-27-19)14-5-3-4-8-20-14/h3-8,10,12H,9,11H2,1-2H3. The Bertz CT molecular complexity index is 957. The molecule has 0 bridgehead atoms. The van der Waals surface area contributed by atoms with E-state index in [2.05, 4.69) is 15.1 Å². The van der Waals surface area contributed by atoms with Gasteiger partial charge in [0.05, 0.1) is 20.1 Å². The lowest BCUT2D eigenvalue weighted by Gasteiger charge is -2.18. The molecule has 1 aromatic carbocycles. The number of carbonyl (C=O) groups is 1. The molecule has 3 aromatic rings. The molecule has 8 nitrogen and oxygen atoms in total. The predicted molar refractivity (Wildman–Crippen MR) is 96.8 cm³/mol. The summed E-state index contributed by atoms with van der Waals surface area (Å²) in [6.45, 7) is 0.457. The van der Waals surface area contributed by atoms with E-state index in [1.165, 1.54) is 0 Å². The first-order chi connectivity index (χ1) is 13.2. The third kappa shape index (κ3) is 3.21. The van der Waals surface area contributed by atoms with Gasteiger partial charge in [-0.15, -0.1) is 0 Å². The zero-order chi connectivity index (χ0) is 18.8. The summed E-state index contributed by atoms with van der Waals surface area (Å²) in [5, 5.41) is 3.99. The Morgan fingerprint density at radius 2 is 2.00 bits per heavy atom. The van der Waals surface area contributed by atoms with Gasteiger partial charge < -0.3 is 18.9 Å². The average molecular weight is 366 g/mol. The highest BCUT2D eigenvalue weighted by Gasteiger charge is 2.35. The molecule has 1 atom stereocenters. The number of anilines is 1. The van der Waals surface area contributed by atoms with Crippen molar-refractivity contribution in [2.75, 3.05) is 25.7 Å². The van der Waals surface area contributed by atoms with Gasteiger partial charge in [0.15, 0.2) is 11.5 Å². The van der Waals surface area contributed by atoms with Crippen LogP contribution >= 0.6 is 0 Å². The Labute approximate surface area is 155 Å². The quantitative estimate of drug-likeness (QED) is 0.685. The van der Waals surface area contributed by atoms with E-state index in [0.717, 1.165) is 5.69 Å². The SMILES string of the molecule is COc1ccc(N2CC(c3nc(-c4ccccn4)no3)CC2=O)cc1OC. The van der Waals surface area contributed by atoms with Gasteiger partial charge in [0.2, 0.25) is 17.6 Å². The first-order valence-corrected chi connectivity index (χ1v) is 8.47. The molecule has 1 aliphatic heterocycles. The number of hydrogen-bond acceptors (Lipinski definition) is 7. The largest absolute Gasteiger partial charge is 0.493 e. The third-order valence-corrected chi connectivity index (χ3v) is 4.49. The van der Waals surface area contributed by atoms with E-state index >= 15 is 0 Å². The van der Waals surface area contributed by atoms with Crippen LogP contribution in [0, 0.1) is 0 Å². The Hall–Kier alpha value is -3.42. The molecule has 2 aromatic heterocycles. The van der Waals surface area contributed by atoms with Gasteiger partial charge in [-0.05, 0) is 24.3 Å². The highest BCUT2D eigenvalue weighted by molar-refractivity contribution is 5.96. The van der Waals surface area contributed by atoms with Gasteiger partial charge in [-0.1, -0.05) is 11.2 Å². The summed E-state index contributed by atoms with van der Waals surface area (Å²) < 4.78 is 16.0. The Balaban J connectivity index is 1.55. The molecule has 1 unspecified atom stereocenters. The molecule has 8 heteroatoms. The second-order valence-corrected chi connectivity index (χ2v) is 6.12. The Morgan fingerprint density at radius 1 is 1.15 bits per heavy atom. The molecule has 0 aliphatic carbocycles. The zero-order valence-electron chi connectivity index (χ0n) is 15.0. The predicted octanol–water partition coefficient (Wildman–Crippen LogP) is 2.67. The van der Waals surface area contributed by atoms with E-state index in [0.29, 0.717) is 41.9 Å². The van der Waals surface area contributed by atoms with Crippen molar-refractivity contribution in [1.29, 1.82) is 0 Å². The summed E-state index contributed by atoms with van der Waals surface area (Å²) in [6, 6.07) is 10.9. The maximum absolute atomic E-state index is 12.5. The zero-order valence-corrected chi connectivity index (χ0v) is 15.0. The van der Waals surface area contributed by atoms with Gasteiger partial charge in [-0.2, -0.15) is 4.98 Å². The van der Waals surface area contributed by atoms with Crippen molar-refractivity contribution >= 4 is 11.6 Å². The molecule has 1 aliphatic rings. The molecule has 1 amide bonds. The second kappa shape index (κ2) is 7.06. The summed E-state index contributed by atoms with van der Waals surface area (Å²) in [4.78, 5) is 22.9. The molecule has 138 valence electrons. The van der Waals surface area contributed by atoms with Gasteiger partial charge >= 0.3 is 0 Å². The van der Waals surface area contributed by atoms with E-state index in [1.807, 2.05) is 24.3 Å². The molecule has 1 saturated heterocycles. The number of pyridine rings is 1. The molecular weight excluding hydrogens is 348 g/mol. The maximum Gasteiger partial charge on any atom is 0.232 e. The summed E-state index contributed by atoms with van der Waals surface area (Å²) in [5.41, 5.74) is 1.37. The third-order valence-electron chi connectivity index (χ3n) is 4.49. The van der Waals surface area contributed by atoms with Crippen LogP contribution in [0.1, 0.15) is 18.2 Å². The van der Waals surface area contributed by atoms with Crippen LogP contribution in [-0.4, -0.2) is 41.8 Å². The van der Waals surface area contributed by atoms with Crippen molar-refractivity contribution in [2.24, 2.45) is 0 Å². The van der Waals surface area contributed by atoms with Crippen molar-refractivity contribution in [3.8, 4) is 23.0 Å². The number of methoxy groups -OCH3 is 2. The minimum absolute atomic E-state index is 0.00944. The van der Waals surface area contributed by atoms with E-state index < -0.39 is 0 Å². The lowest BCUT2D eigenvalue weighted by molar-refractivity contribution is -0.117. The van der Waals surface area contributed by atoms with Crippen LogP contribution in [0.25, 0.3) is 11.5 Å². The van der Waals surface area contributed by atoms with Crippen LogP contribution < -0.4 is 14.4 Å². The normalized spacial score (nSPS) is 16.6. The Morgan fingerprint density at radius 3 is 2.74 bits per heavy atom. The van der Waals surface area contributed by atoms with Crippen LogP contribution in [0.15, 0.2) is 47.1 Å². The molecule has 0 saturated carbocycles. The van der Waals surface area contributed by atoms with Gasteiger partial charge in [-0.3, -0.25) is 9.78 Å². The number of carbonyl (C=O) groups excluding carboxylic acids is 1. The van der Waals surface area contributed by atoms with Gasteiger partial charge in [-0.25, -0.2) is 0 Å². The van der Waals surface area contributed by atoms with Crippen LogP contribution in [-0.2, 0) is 4.79 Å². The topological polar surface area (TPSA) is 90.6 Å². The van der Waals surface area contributed by atoms with Crippen molar-refractivity contribution in [3.05, 3.63) is 48.5 Å². The highest BCUT2D eigenvalue weighted by Crippen LogP contribution is 2.36. The number of aromatic nitrogens is 3. The van der Waals surface area contributed by atoms with E-state index in [4.69, 9.17) is 14.0 Å². The van der Waals surface area contributed by atoms with Gasteiger partial charge in [0.25, 0.3) is 0 Å². The van der Waals surface area contributed by atoms with Crippen LogP contribution in [0.2, 0.25) is 0 Å². The van der Waals surface area contributed by atoms with Crippen LogP contribution in [0.5, 0.6) is 11.5 Å². The fourth-order valence-electron chi connectivity index (χ4n) is 3.12. The van der Waals surface area contributed by atoms with Gasteiger partial charge in [0.1, 0.15) is 5.69 Å². The number of nitrogens with zero attached hydrogens (tertiary/aromatic N) is 4. The molecular formula is C19H18N4O4. The molecule has 0 spiro atoms. The lowest BCUT2D eigenvalue weighted by atomic mass is 10.1. The van der Waals surface area contributed by atoms with Crippen molar-refractivity contribution in [2.45, 2.75) is 12.3 Å². The Kier molecular flexibility index (Phi) is 4.45. The van der Waals surface area contributed by atoms with E-state index in [1.54, 1.807) is 37.4 Å². The van der Waals surface area contributed by atoms with Crippen LogP contribution in [0.4, 0.5) is 5.69 Å². The minimum Gasteiger partial charge on any atom is -0.493 e. The number of benzene rings is 1. The monoisotopic (exact) mass is 366 g/mol. The van der Waals surface area contributed by atoms with Crippen molar-refractivity contribution in [1.82, 2.24) is 15.1 Å². The number of hydrogen-bond donors (Lipinski definition) is 0. The molecule has 27 heavy (non-hydrogen) atoms. The lowest BCUT2D eigenvalue weighted by Crippen LogP contribution is -2.24. The first-order valence-electron chi connectivity index (χ1n) is 8.47. The molecule has 1 fully saturated rings. The van der Waals surface area contributed by atoms with E-state index in [-0.39, 0.29) is 11.8 Å². The molecule has 3 heterocycles. The minimum atomic E-state index is -0.171. The molecule has 4 rings (SSSR count). The number of rotatable bonds is 5. The molecule has 0 radical (unpaired) electrons. The van der Waals surface area contributed by atoms with Crippen molar-refractivity contribution < 1.29 is 18.8 Å². The fraction of sp³-hybridized carbons (Fsp3) is 0.263. The summed E-state index contributed by atoms with van der Waals surface area (Å²) in [6.07, 6.45) is 1.97. The van der Waals surface area contributed by atoms with E-state index in [9.17, 15) is 4.79 Å². The summed E-state index contributed by atoms with van der Waals surface area (Å²) in [7, 11) is 3.14. The maximum atomic E-state index is 12.5.